The second-order valence-corrected chi connectivity index (χ2v) is 6.11. The summed E-state index contributed by atoms with van der Waals surface area (Å²) in [5.41, 5.74) is 0. The van der Waals surface area contributed by atoms with Crippen molar-refractivity contribution in [2.45, 2.75) is 82.7 Å². The monoisotopic (exact) mass is 251 g/mol. The highest BCUT2D eigenvalue weighted by molar-refractivity contribution is 4.77. The van der Waals surface area contributed by atoms with Crippen molar-refractivity contribution < 1.29 is 0 Å². The highest BCUT2D eigenvalue weighted by Gasteiger charge is 2.13. The highest BCUT2D eigenvalue weighted by atomic mass is 14.9. The summed E-state index contributed by atoms with van der Waals surface area (Å²) in [6, 6.07) is 1.65. The van der Waals surface area contributed by atoms with E-state index in [1.165, 1.54) is 77.2 Å². The van der Waals surface area contributed by atoms with Crippen LogP contribution in [0.1, 0.15) is 70.6 Å². The molecule has 0 spiro atoms. The molecule has 0 aromatic rings. The molecule has 0 aliphatic heterocycles. The van der Waals surface area contributed by atoms with Crippen LogP contribution in [-0.4, -0.2) is 25.2 Å². The van der Waals surface area contributed by atoms with Crippen LogP contribution in [0.25, 0.3) is 0 Å². The molecule has 2 saturated carbocycles. The standard InChI is InChI=1S/C16H31N2/c1-3-9-15(10-4-1)17-13-7-2-8-14-18-16-11-5-6-12-16/h7,15-18H,1-6,8-14H2. The molecule has 0 amide bonds. The van der Waals surface area contributed by atoms with Crippen molar-refractivity contribution in [3.05, 3.63) is 6.42 Å². The minimum Gasteiger partial charge on any atom is -0.314 e. The van der Waals surface area contributed by atoms with Crippen molar-refractivity contribution in [3.63, 3.8) is 0 Å². The Morgan fingerprint density at radius 2 is 1.39 bits per heavy atom. The van der Waals surface area contributed by atoms with E-state index in [9.17, 15) is 0 Å². The van der Waals surface area contributed by atoms with E-state index in [1.807, 2.05) is 0 Å². The van der Waals surface area contributed by atoms with E-state index in [1.54, 1.807) is 0 Å². The Balaban J connectivity index is 1.35. The van der Waals surface area contributed by atoms with Crippen LogP contribution in [0.5, 0.6) is 0 Å². The minimum atomic E-state index is 0.812. The maximum atomic E-state index is 3.68. The maximum absolute atomic E-state index is 3.68. The molecule has 2 heteroatoms. The van der Waals surface area contributed by atoms with E-state index in [4.69, 9.17) is 0 Å². The van der Waals surface area contributed by atoms with Crippen LogP contribution in [0.3, 0.4) is 0 Å². The molecule has 2 fully saturated rings. The topological polar surface area (TPSA) is 24.1 Å². The molecule has 2 aliphatic rings. The van der Waals surface area contributed by atoms with Crippen molar-refractivity contribution in [2.24, 2.45) is 0 Å². The number of rotatable bonds is 8. The van der Waals surface area contributed by atoms with Gasteiger partial charge in [0, 0.05) is 12.1 Å². The summed E-state index contributed by atoms with van der Waals surface area (Å²) in [7, 11) is 0. The Morgan fingerprint density at radius 1 is 0.778 bits per heavy atom. The van der Waals surface area contributed by atoms with Gasteiger partial charge in [-0.15, -0.1) is 0 Å². The molecule has 18 heavy (non-hydrogen) atoms. The van der Waals surface area contributed by atoms with Gasteiger partial charge in [-0.1, -0.05) is 32.1 Å². The van der Waals surface area contributed by atoms with Crippen LogP contribution in [0.2, 0.25) is 0 Å². The second-order valence-electron chi connectivity index (χ2n) is 6.11. The summed E-state index contributed by atoms with van der Waals surface area (Å²) < 4.78 is 0. The first-order valence-corrected chi connectivity index (χ1v) is 8.23. The second kappa shape index (κ2) is 8.92. The number of hydrogen-bond donors (Lipinski definition) is 2. The molecule has 0 aromatic carbocycles. The molecule has 2 aliphatic carbocycles. The lowest BCUT2D eigenvalue weighted by Gasteiger charge is -2.22. The first-order valence-electron chi connectivity index (χ1n) is 8.23. The smallest absolute Gasteiger partial charge is 0.00671 e. The van der Waals surface area contributed by atoms with Gasteiger partial charge in [0.05, 0.1) is 0 Å². The van der Waals surface area contributed by atoms with E-state index in [2.05, 4.69) is 17.1 Å². The van der Waals surface area contributed by atoms with Crippen molar-refractivity contribution in [3.8, 4) is 0 Å². The lowest BCUT2D eigenvalue weighted by atomic mass is 9.95. The van der Waals surface area contributed by atoms with Gasteiger partial charge in [0.25, 0.3) is 0 Å². The Kier molecular flexibility index (Phi) is 7.11. The van der Waals surface area contributed by atoms with E-state index >= 15 is 0 Å². The number of hydrogen-bond acceptors (Lipinski definition) is 2. The van der Waals surface area contributed by atoms with Crippen LogP contribution in [-0.2, 0) is 0 Å². The zero-order chi connectivity index (χ0) is 12.5. The lowest BCUT2D eigenvalue weighted by Crippen LogP contribution is -2.32. The minimum absolute atomic E-state index is 0.812. The molecule has 0 atom stereocenters. The molecular formula is C16H31N2. The van der Waals surface area contributed by atoms with Crippen molar-refractivity contribution in [1.29, 1.82) is 0 Å². The Bertz CT molecular complexity index is 193. The lowest BCUT2D eigenvalue weighted by molar-refractivity contribution is 0.380. The van der Waals surface area contributed by atoms with Gasteiger partial charge in [-0.05, 0) is 58.0 Å². The summed E-state index contributed by atoms with van der Waals surface area (Å²) in [6.45, 7) is 2.33. The molecule has 0 heterocycles. The Labute approximate surface area is 113 Å². The fourth-order valence-electron chi connectivity index (χ4n) is 3.34. The number of unbranched alkanes of at least 4 members (excludes halogenated alkanes) is 2. The first kappa shape index (κ1) is 14.3. The average molecular weight is 251 g/mol. The molecule has 2 nitrogen and oxygen atoms in total. The summed E-state index contributed by atoms with van der Waals surface area (Å²) in [5, 5.41) is 7.36. The van der Waals surface area contributed by atoms with E-state index in [0.29, 0.717) is 0 Å². The van der Waals surface area contributed by atoms with Gasteiger partial charge in [-0.25, -0.2) is 0 Å². The summed E-state index contributed by atoms with van der Waals surface area (Å²) in [4.78, 5) is 0. The quantitative estimate of drug-likeness (QED) is 0.646. The molecule has 2 rings (SSSR count). The van der Waals surface area contributed by atoms with Crippen LogP contribution < -0.4 is 10.6 Å². The van der Waals surface area contributed by atoms with Crippen molar-refractivity contribution >= 4 is 0 Å². The van der Waals surface area contributed by atoms with E-state index < -0.39 is 0 Å². The van der Waals surface area contributed by atoms with E-state index in [0.717, 1.165) is 18.6 Å². The zero-order valence-corrected chi connectivity index (χ0v) is 11.9. The zero-order valence-electron chi connectivity index (χ0n) is 11.9. The molecule has 0 unspecified atom stereocenters. The van der Waals surface area contributed by atoms with Crippen LogP contribution in [0.15, 0.2) is 0 Å². The van der Waals surface area contributed by atoms with Crippen molar-refractivity contribution in [1.82, 2.24) is 10.6 Å². The van der Waals surface area contributed by atoms with Gasteiger partial charge in [-0.2, -0.15) is 0 Å². The van der Waals surface area contributed by atoms with Gasteiger partial charge in [0.2, 0.25) is 0 Å². The summed E-state index contributed by atoms with van der Waals surface area (Å²) in [6.07, 6.45) is 17.8. The summed E-state index contributed by atoms with van der Waals surface area (Å²) >= 11 is 0. The third-order valence-electron chi connectivity index (χ3n) is 4.53. The number of nitrogens with one attached hydrogen (secondary N) is 2. The maximum Gasteiger partial charge on any atom is 0.00671 e. The summed E-state index contributed by atoms with van der Waals surface area (Å²) in [5.74, 6) is 0. The van der Waals surface area contributed by atoms with Crippen LogP contribution in [0.4, 0.5) is 0 Å². The normalized spacial score (nSPS) is 22.7. The van der Waals surface area contributed by atoms with Crippen molar-refractivity contribution in [2.75, 3.05) is 13.1 Å². The molecule has 0 aromatic heterocycles. The largest absolute Gasteiger partial charge is 0.314 e. The van der Waals surface area contributed by atoms with Gasteiger partial charge >= 0.3 is 0 Å². The van der Waals surface area contributed by atoms with Gasteiger partial charge in [0.1, 0.15) is 0 Å². The molecule has 2 N–H and O–H groups in total. The molecule has 1 radical (unpaired) electrons. The Hall–Kier alpha value is -0.0800. The molecule has 0 saturated heterocycles. The third kappa shape index (κ3) is 5.71. The molecular weight excluding hydrogens is 220 g/mol. The molecule has 0 bridgehead atoms. The third-order valence-corrected chi connectivity index (χ3v) is 4.53. The highest BCUT2D eigenvalue weighted by Crippen LogP contribution is 2.18. The fraction of sp³-hybridized carbons (Fsp3) is 0.938. The predicted molar refractivity (Wildman–Crippen MR) is 78.7 cm³/mol. The average Bonchev–Trinajstić information content (AvgIpc) is 2.92. The Morgan fingerprint density at radius 3 is 2.11 bits per heavy atom. The van der Waals surface area contributed by atoms with Gasteiger partial charge in [0.15, 0.2) is 0 Å². The molecule has 105 valence electrons. The predicted octanol–water partition coefficient (Wildman–Crippen LogP) is 3.43. The van der Waals surface area contributed by atoms with Crippen LogP contribution >= 0.6 is 0 Å². The SMILES string of the molecule is [CH](CCCNC1CCCC1)CNC1CCCCC1. The fourth-order valence-corrected chi connectivity index (χ4v) is 3.34. The van der Waals surface area contributed by atoms with Gasteiger partial charge in [-0.3, -0.25) is 0 Å². The van der Waals surface area contributed by atoms with Crippen LogP contribution in [0, 0.1) is 6.42 Å². The van der Waals surface area contributed by atoms with E-state index in [-0.39, 0.29) is 0 Å². The van der Waals surface area contributed by atoms with Gasteiger partial charge < -0.3 is 10.6 Å². The first-order chi connectivity index (χ1) is 8.95.